The Kier molecular flexibility index (Phi) is 2.66. The fraction of sp³-hybridized carbons (Fsp3) is 1.00. The summed E-state index contributed by atoms with van der Waals surface area (Å²) in [6.07, 6.45) is 6.67. The van der Waals surface area contributed by atoms with Crippen LogP contribution in [0.4, 0.5) is 0 Å². The summed E-state index contributed by atoms with van der Waals surface area (Å²) in [5, 5.41) is 0. The van der Waals surface area contributed by atoms with E-state index in [0.29, 0.717) is 12.0 Å². The predicted molar refractivity (Wildman–Crippen MR) is 48.9 cm³/mol. The lowest BCUT2D eigenvalue weighted by Gasteiger charge is -2.33. The molecule has 2 N–H and O–H groups in total. The number of hydrogen-bond acceptors (Lipinski definition) is 2. The second-order valence-corrected chi connectivity index (χ2v) is 4.24. The van der Waals surface area contributed by atoms with Crippen molar-refractivity contribution in [2.75, 3.05) is 13.2 Å². The van der Waals surface area contributed by atoms with Gasteiger partial charge in [-0.25, -0.2) is 0 Å². The molecule has 0 aromatic carbocycles. The largest absolute Gasteiger partial charge is 0.381 e. The summed E-state index contributed by atoms with van der Waals surface area (Å²) < 4.78 is 5.48. The maximum absolute atomic E-state index is 6.08. The van der Waals surface area contributed by atoms with Crippen LogP contribution in [0.3, 0.4) is 0 Å². The van der Waals surface area contributed by atoms with Crippen molar-refractivity contribution in [3.05, 3.63) is 0 Å². The third-order valence-corrected chi connectivity index (χ3v) is 3.46. The summed E-state index contributed by atoms with van der Waals surface area (Å²) in [6, 6.07) is 0.418. The molecule has 2 atom stereocenters. The average molecular weight is 169 g/mol. The number of ether oxygens (including phenoxy) is 1. The predicted octanol–water partition coefficient (Wildman–Crippen LogP) is 1.54. The number of rotatable bonds is 1. The van der Waals surface area contributed by atoms with Crippen LogP contribution in [0.2, 0.25) is 0 Å². The van der Waals surface area contributed by atoms with Crippen LogP contribution >= 0.6 is 0 Å². The molecule has 2 rings (SSSR count). The zero-order valence-electron chi connectivity index (χ0n) is 7.67. The summed E-state index contributed by atoms with van der Waals surface area (Å²) in [7, 11) is 0. The second kappa shape index (κ2) is 3.75. The first-order chi connectivity index (χ1) is 5.88. The first kappa shape index (κ1) is 8.52. The molecule has 70 valence electrons. The van der Waals surface area contributed by atoms with Crippen molar-refractivity contribution in [1.82, 2.24) is 0 Å². The first-order valence-corrected chi connectivity index (χ1v) is 5.21. The molecule has 0 spiro atoms. The molecule has 2 heteroatoms. The average Bonchev–Trinajstić information content (AvgIpc) is 2.57. The van der Waals surface area contributed by atoms with E-state index in [4.69, 9.17) is 10.5 Å². The third kappa shape index (κ3) is 1.64. The van der Waals surface area contributed by atoms with Crippen molar-refractivity contribution in [3.63, 3.8) is 0 Å². The van der Waals surface area contributed by atoms with Gasteiger partial charge in [-0.1, -0.05) is 25.7 Å². The van der Waals surface area contributed by atoms with Gasteiger partial charge in [-0.15, -0.1) is 0 Å². The summed E-state index contributed by atoms with van der Waals surface area (Å²) in [4.78, 5) is 0. The fourth-order valence-corrected chi connectivity index (χ4v) is 2.65. The molecular weight excluding hydrogens is 150 g/mol. The minimum atomic E-state index is 0.418. The Bertz CT molecular complexity index is 143. The molecular formula is C10H19NO. The van der Waals surface area contributed by atoms with Gasteiger partial charge in [0, 0.05) is 18.6 Å². The highest BCUT2D eigenvalue weighted by Crippen LogP contribution is 2.34. The van der Waals surface area contributed by atoms with Crippen molar-refractivity contribution in [2.24, 2.45) is 17.6 Å². The van der Waals surface area contributed by atoms with E-state index in [9.17, 15) is 0 Å². The van der Waals surface area contributed by atoms with Gasteiger partial charge in [0.1, 0.15) is 0 Å². The number of nitrogens with two attached hydrogens (primary N) is 1. The number of hydrogen-bond donors (Lipinski definition) is 1. The van der Waals surface area contributed by atoms with E-state index in [1.165, 1.54) is 25.7 Å². The molecule has 0 aromatic rings. The molecule has 1 heterocycles. The molecule has 1 saturated heterocycles. The van der Waals surface area contributed by atoms with Gasteiger partial charge in [0.05, 0.1) is 6.61 Å². The van der Waals surface area contributed by atoms with E-state index < -0.39 is 0 Å². The van der Waals surface area contributed by atoms with Crippen LogP contribution in [-0.4, -0.2) is 19.3 Å². The van der Waals surface area contributed by atoms with E-state index in [0.717, 1.165) is 25.6 Å². The van der Waals surface area contributed by atoms with Crippen LogP contribution in [0.25, 0.3) is 0 Å². The van der Waals surface area contributed by atoms with Crippen LogP contribution in [0.5, 0.6) is 0 Å². The van der Waals surface area contributed by atoms with Gasteiger partial charge in [-0.05, 0) is 12.3 Å². The highest BCUT2D eigenvalue weighted by atomic mass is 16.5. The van der Waals surface area contributed by atoms with Gasteiger partial charge < -0.3 is 10.5 Å². The molecule has 0 radical (unpaired) electrons. The van der Waals surface area contributed by atoms with Crippen molar-refractivity contribution >= 4 is 0 Å². The highest BCUT2D eigenvalue weighted by molar-refractivity contribution is 4.84. The lowest BCUT2D eigenvalue weighted by atomic mass is 9.83. The molecule has 1 aliphatic carbocycles. The van der Waals surface area contributed by atoms with Gasteiger partial charge >= 0.3 is 0 Å². The van der Waals surface area contributed by atoms with Crippen LogP contribution < -0.4 is 5.73 Å². The van der Waals surface area contributed by atoms with Crippen molar-refractivity contribution < 1.29 is 4.74 Å². The maximum atomic E-state index is 6.08. The smallest absolute Gasteiger partial charge is 0.0511 e. The minimum Gasteiger partial charge on any atom is -0.381 e. The van der Waals surface area contributed by atoms with E-state index >= 15 is 0 Å². The first-order valence-electron chi connectivity index (χ1n) is 5.21. The molecule has 0 bridgehead atoms. The Morgan fingerprint density at radius 1 is 1.08 bits per heavy atom. The Morgan fingerprint density at radius 2 is 1.83 bits per heavy atom. The highest BCUT2D eigenvalue weighted by Gasteiger charge is 2.31. The Morgan fingerprint density at radius 3 is 2.50 bits per heavy atom. The minimum absolute atomic E-state index is 0.418. The van der Waals surface area contributed by atoms with Gasteiger partial charge in [0.15, 0.2) is 0 Å². The molecule has 0 aromatic heterocycles. The summed E-state index contributed by atoms with van der Waals surface area (Å²) in [6.45, 7) is 1.80. The second-order valence-electron chi connectivity index (χ2n) is 4.24. The van der Waals surface area contributed by atoms with Gasteiger partial charge in [-0.2, -0.15) is 0 Å². The molecule has 0 amide bonds. The zero-order valence-corrected chi connectivity index (χ0v) is 7.67. The maximum Gasteiger partial charge on any atom is 0.0511 e. The lowest BCUT2D eigenvalue weighted by Crippen LogP contribution is -2.42. The Labute approximate surface area is 74.5 Å². The Hall–Kier alpha value is -0.0800. The zero-order chi connectivity index (χ0) is 8.39. The van der Waals surface area contributed by atoms with Gasteiger partial charge in [-0.3, -0.25) is 0 Å². The van der Waals surface area contributed by atoms with E-state index in [2.05, 4.69) is 0 Å². The molecule has 12 heavy (non-hydrogen) atoms. The SMILES string of the molecule is NC1CCOCC1C1CCCC1. The Balaban J connectivity index is 1.91. The molecule has 1 aliphatic heterocycles. The van der Waals surface area contributed by atoms with Crippen LogP contribution in [0.1, 0.15) is 32.1 Å². The summed E-state index contributed by atoms with van der Waals surface area (Å²) in [5.41, 5.74) is 6.08. The van der Waals surface area contributed by atoms with Gasteiger partial charge in [0.25, 0.3) is 0 Å². The van der Waals surface area contributed by atoms with Gasteiger partial charge in [0.2, 0.25) is 0 Å². The van der Waals surface area contributed by atoms with E-state index in [-0.39, 0.29) is 0 Å². The monoisotopic (exact) mass is 169 g/mol. The van der Waals surface area contributed by atoms with E-state index in [1.807, 2.05) is 0 Å². The van der Waals surface area contributed by atoms with Crippen LogP contribution in [0, 0.1) is 11.8 Å². The standard InChI is InChI=1S/C10H19NO/c11-10-5-6-12-7-9(10)8-3-1-2-4-8/h8-10H,1-7,11H2. The third-order valence-electron chi connectivity index (χ3n) is 3.46. The summed E-state index contributed by atoms with van der Waals surface area (Å²) in [5.74, 6) is 1.54. The van der Waals surface area contributed by atoms with E-state index in [1.54, 1.807) is 0 Å². The normalized spacial score (nSPS) is 38.8. The molecule has 2 unspecified atom stereocenters. The molecule has 2 fully saturated rings. The topological polar surface area (TPSA) is 35.2 Å². The van der Waals surface area contributed by atoms with Crippen LogP contribution in [-0.2, 0) is 4.74 Å². The van der Waals surface area contributed by atoms with Crippen LogP contribution in [0.15, 0.2) is 0 Å². The molecule has 2 aliphatic rings. The lowest BCUT2D eigenvalue weighted by molar-refractivity contribution is 0.0185. The quantitative estimate of drug-likeness (QED) is 0.646. The van der Waals surface area contributed by atoms with Crippen molar-refractivity contribution in [3.8, 4) is 0 Å². The fourth-order valence-electron chi connectivity index (χ4n) is 2.65. The molecule has 2 nitrogen and oxygen atoms in total. The molecule has 1 saturated carbocycles. The summed E-state index contributed by atoms with van der Waals surface area (Å²) >= 11 is 0. The van der Waals surface area contributed by atoms with Crippen molar-refractivity contribution in [2.45, 2.75) is 38.1 Å². The van der Waals surface area contributed by atoms with Crippen molar-refractivity contribution in [1.29, 1.82) is 0 Å².